The van der Waals surface area contributed by atoms with Crippen LogP contribution in [0.2, 0.25) is 5.02 Å². The molecule has 0 aliphatic heterocycles. The Balaban J connectivity index is 1.59. The van der Waals surface area contributed by atoms with E-state index in [1.54, 1.807) is 43.3 Å². The zero-order chi connectivity index (χ0) is 20.1. The highest BCUT2D eigenvalue weighted by atomic mass is 35.5. The molecule has 1 heterocycles. The first kappa shape index (κ1) is 20.0. The van der Waals surface area contributed by atoms with Crippen molar-refractivity contribution in [2.24, 2.45) is 0 Å². The first-order valence-corrected chi connectivity index (χ1v) is 10.6. The third-order valence-corrected chi connectivity index (χ3v) is 5.98. The Labute approximate surface area is 167 Å². The first-order chi connectivity index (χ1) is 13.4. The van der Waals surface area contributed by atoms with E-state index in [2.05, 4.69) is 15.5 Å². The van der Waals surface area contributed by atoms with Crippen molar-refractivity contribution in [3.05, 3.63) is 59.4 Å². The number of sulfone groups is 1. The van der Waals surface area contributed by atoms with Gasteiger partial charge in [0.25, 0.3) is 0 Å². The fourth-order valence-electron chi connectivity index (χ4n) is 2.45. The van der Waals surface area contributed by atoms with Crippen molar-refractivity contribution in [2.75, 3.05) is 11.1 Å². The second-order valence-corrected chi connectivity index (χ2v) is 8.71. The maximum atomic E-state index is 12.2. The van der Waals surface area contributed by atoms with Crippen molar-refractivity contribution in [1.29, 1.82) is 0 Å². The van der Waals surface area contributed by atoms with E-state index in [1.165, 1.54) is 12.1 Å². The lowest BCUT2D eigenvalue weighted by molar-refractivity contribution is -0.116. The van der Waals surface area contributed by atoms with Crippen molar-refractivity contribution < 1.29 is 17.7 Å². The van der Waals surface area contributed by atoms with E-state index in [4.69, 9.17) is 16.1 Å². The standard InChI is InChI=1S/C19H18ClN3O4S/c1-2-28(25,26)16-5-3-4-15(12-16)21-17(24)10-11-18-22-19(23-27-18)13-6-8-14(20)9-7-13/h3-9,12H,2,10-11H2,1H3,(H,21,24). The molecule has 0 atom stereocenters. The van der Waals surface area contributed by atoms with Gasteiger partial charge in [-0.25, -0.2) is 8.42 Å². The molecule has 3 aromatic rings. The molecule has 0 spiro atoms. The number of aromatic nitrogens is 2. The number of rotatable bonds is 7. The Morgan fingerprint density at radius 1 is 1.18 bits per heavy atom. The lowest BCUT2D eigenvalue weighted by Gasteiger charge is -2.07. The number of aryl methyl sites for hydroxylation is 1. The van der Waals surface area contributed by atoms with Gasteiger partial charge < -0.3 is 9.84 Å². The molecule has 0 saturated carbocycles. The zero-order valence-corrected chi connectivity index (χ0v) is 16.6. The van der Waals surface area contributed by atoms with Gasteiger partial charge in [0.15, 0.2) is 9.84 Å². The molecule has 146 valence electrons. The van der Waals surface area contributed by atoms with Gasteiger partial charge in [0.2, 0.25) is 17.6 Å². The van der Waals surface area contributed by atoms with Crippen LogP contribution in [0.15, 0.2) is 57.9 Å². The number of hydrogen-bond donors (Lipinski definition) is 1. The highest BCUT2D eigenvalue weighted by Gasteiger charge is 2.14. The molecule has 9 heteroatoms. The largest absolute Gasteiger partial charge is 0.339 e. The molecule has 0 bridgehead atoms. The fourth-order valence-corrected chi connectivity index (χ4v) is 3.50. The molecular weight excluding hydrogens is 402 g/mol. The molecule has 0 aliphatic carbocycles. The van der Waals surface area contributed by atoms with Crippen LogP contribution in [-0.4, -0.2) is 30.2 Å². The molecule has 1 aromatic heterocycles. The number of nitrogens with one attached hydrogen (secondary N) is 1. The van der Waals surface area contributed by atoms with Gasteiger partial charge >= 0.3 is 0 Å². The summed E-state index contributed by atoms with van der Waals surface area (Å²) in [6, 6.07) is 13.2. The Bertz CT molecular complexity index is 1080. The van der Waals surface area contributed by atoms with Crippen LogP contribution in [0.5, 0.6) is 0 Å². The van der Waals surface area contributed by atoms with Crippen LogP contribution >= 0.6 is 11.6 Å². The molecule has 0 radical (unpaired) electrons. The van der Waals surface area contributed by atoms with Crippen LogP contribution in [-0.2, 0) is 21.1 Å². The molecule has 1 N–H and O–H groups in total. The molecule has 0 fully saturated rings. The van der Waals surface area contributed by atoms with E-state index in [1.807, 2.05) is 0 Å². The average Bonchev–Trinajstić information content (AvgIpc) is 3.16. The van der Waals surface area contributed by atoms with E-state index < -0.39 is 9.84 Å². The van der Waals surface area contributed by atoms with Crippen molar-refractivity contribution in [2.45, 2.75) is 24.7 Å². The van der Waals surface area contributed by atoms with Crippen LogP contribution in [0.4, 0.5) is 5.69 Å². The fraction of sp³-hybridized carbons (Fsp3) is 0.211. The van der Waals surface area contributed by atoms with E-state index >= 15 is 0 Å². The molecule has 0 saturated heterocycles. The van der Waals surface area contributed by atoms with E-state index in [0.717, 1.165) is 5.56 Å². The van der Waals surface area contributed by atoms with Gasteiger partial charge in [-0.2, -0.15) is 4.98 Å². The van der Waals surface area contributed by atoms with Crippen molar-refractivity contribution in [1.82, 2.24) is 10.1 Å². The second-order valence-electron chi connectivity index (χ2n) is 6.00. The van der Waals surface area contributed by atoms with E-state index in [-0.39, 0.29) is 29.4 Å². The van der Waals surface area contributed by atoms with Crippen LogP contribution in [0.3, 0.4) is 0 Å². The molecule has 28 heavy (non-hydrogen) atoms. The van der Waals surface area contributed by atoms with E-state index in [0.29, 0.717) is 22.4 Å². The van der Waals surface area contributed by atoms with Crippen LogP contribution in [0.25, 0.3) is 11.4 Å². The monoisotopic (exact) mass is 419 g/mol. The summed E-state index contributed by atoms with van der Waals surface area (Å²) in [4.78, 5) is 16.6. The molecule has 7 nitrogen and oxygen atoms in total. The number of anilines is 1. The summed E-state index contributed by atoms with van der Waals surface area (Å²) in [6.45, 7) is 1.57. The second kappa shape index (κ2) is 8.53. The van der Waals surface area contributed by atoms with Gasteiger partial charge in [0.1, 0.15) is 0 Å². The van der Waals surface area contributed by atoms with Gasteiger partial charge in [-0.15, -0.1) is 0 Å². The number of halogens is 1. The topological polar surface area (TPSA) is 102 Å². The van der Waals surface area contributed by atoms with Gasteiger partial charge in [-0.3, -0.25) is 4.79 Å². The maximum Gasteiger partial charge on any atom is 0.227 e. The highest BCUT2D eigenvalue weighted by Crippen LogP contribution is 2.20. The van der Waals surface area contributed by atoms with Crippen LogP contribution < -0.4 is 5.32 Å². The zero-order valence-electron chi connectivity index (χ0n) is 15.1. The predicted octanol–water partition coefficient (Wildman–Crippen LogP) is 3.75. The third-order valence-electron chi connectivity index (χ3n) is 3.99. The molecule has 0 aliphatic rings. The summed E-state index contributed by atoms with van der Waals surface area (Å²) >= 11 is 5.86. The number of amides is 1. The summed E-state index contributed by atoms with van der Waals surface area (Å²) in [5, 5.41) is 7.20. The number of nitrogens with zero attached hydrogens (tertiary/aromatic N) is 2. The van der Waals surface area contributed by atoms with Gasteiger partial charge in [0, 0.05) is 29.1 Å². The lowest BCUT2D eigenvalue weighted by atomic mass is 10.2. The SMILES string of the molecule is CCS(=O)(=O)c1cccc(NC(=O)CCc2nc(-c3ccc(Cl)cc3)no2)c1. The van der Waals surface area contributed by atoms with Gasteiger partial charge in [-0.1, -0.05) is 29.7 Å². The van der Waals surface area contributed by atoms with E-state index in [9.17, 15) is 13.2 Å². The van der Waals surface area contributed by atoms with Gasteiger partial charge in [-0.05, 0) is 42.5 Å². The smallest absolute Gasteiger partial charge is 0.227 e. The van der Waals surface area contributed by atoms with Crippen molar-refractivity contribution in [3.8, 4) is 11.4 Å². The van der Waals surface area contributed by atoms with Gasteiger partial charge in [0.05, 0.1) is 10.6 Å². The molecule has 0 unspecified atom stereocenters. The quantitative estimate of drug-likeness (QED) is 0.625. The molecule has 2 aromatic carbocycles. The summed E-state index contributed by atoms with van der Waals surface area (Å²) in [7, 11) is -3.33. The minimum absolute atomic E-state index is 0.00246. The summed E-state index contributed by atoms with van der Waals surface area (Å²) in [5.41, 5.74) is 1.18. The maximum absolute atomic E-state index is 12.2. The third kappa shape index (κ3) is 4.96. The average molecular weight is 420 g/mol. The molecule has 1 amide bonds. The van der Waals surface area contributed by atoms with Crippen molar-refractivity contribution in [3.63, 3.8) is 0 Å². The number of benzene rings is 2. The first-order valence-electron chi connectivity index (χ1n) is 8.58. The minimum Gasteiger partial charge on any atom is -0.339 e. The highest BCUT2D eigenvalue weighted by molar-refractivity contribution is 7.91. The number of hydrogen-bond acceptors (Lipinski definition) is 6. The number of carbonyl (C=O) groups excluding carboxylic acids is 1. The Kier molecular flexibility index (Phi) is 6.11. The molecular formula is C19H18ClN3O4S. The Morgan fingerprint density at radius 3 is 2.64 bits per heavy atom. The summed E-state index contributed by atoms with van der Waals surface area (Å²) in [5.74, 6) is 0.474. The summed E-state index contributed by atoms with van der Waals surface area (Å²) in [6.07, 6.45) is 0.381. The predicted molar refractivity (Wildman–Crippen MR) is 106 cm³/mol. The number of carbonyl (C=O) groups is 1. The normalized spacial score (nSPS) is 11.4. The molecule has 3 rings (SSSR count). The Hall–Kier alpha value is -2.71. The minimum atomic E-state index is -3.33. The van der Waals surface area contributed by atoms with Crippen molar-refractivity contribution >= 4 is 33.0 Å². The van der Waals surface area contributed by atoms with Crippen LogP contribution in [0, 0.1) is 0 Å². The Morgan fingerprint density at radius 2 is 1.93 bits per heavy atom. The summed E-state index contributed by atoms with van der Waals surface area (Å²) < 4.78 is 29.1. The lowest BCUT2D eigenvalue weighted by Crippen LogP contribution is -2.13. The van der Waals surface area contributed by atoms with Crippen LogP contribution in [0.1, 0.15) is 19.2 Å².